The standard InChI is InChI=1S/C18H22N4O3/c1-13-10-16(21-18(20-13)22-6-8-25-9-7-22)17(23)19-12-14-4-3-5-15(11-14)24-2/h3-5,10-11H,6-9,12H2,1-2H3,(H,19,23). The molecule has 0 unspecified atom stereocenters. The van der Waals surface area contributed by atoms with Crippen LogP contribution in [0.2, 0.25) is 0 Å². The number of carbonyl (C=O) groups is 1. The minimum atomic E-state index is -0.220. The van der Waals surface area contributed by atoms with Gasteiger partial charge in [0, 0.05) is 25.3 Å². The molecule has 0 bridgehead atoms. The van der Waals surface area contributed by atoms with E-state index in [1.54, 1.807) is 13.2 Å². The molecule has 2 heterocycles. The van der Waals surface area contributed by atoms with Crippen LogP contribution in [-0.2, 0) is 11.3 Å². The Bertz CT molecular complexity index is 745. The van der Waals surface area contributed by atoms with E-state index in [-0.39, 0.29) is 5.91 Å². The predicted octanol–water partition coefficient (Wildman–Crippen LogP) is 1.56. The van der Waals surface area contributed by atoms with E-state index in [9.17, 15) is 4.79 Å². The molecule has 3 rings (SSSR count). The van der Waals surface area contributed by atoms with Gasteiger partial charge in [0.1, 0.15) is 11.4 Å². The highest BCUT2D eigenvalue weighted by atomic mass is 16.5. The van der Waals surface area contributed by atoms with E-state index in [0.29, 0.717) is 31.4 Å². The Morgan fingerprint density at radius 3 is 2.84 bits per heavy atom. The molecular weight excluding hydrogens is 320 g/mol. The van der Waals surface area contributed by atoms with Crippen LogP contribution in [0.1, 0.15) is 21.7 Å². The lowest BCUT2D eigenvalue weighted by atomic mass is 10.2. The lowest BCUT2D eigenvalue weighted by Crippen LogP contribution is -2.38. The average Bonchev–Trinajstić information content (AvgIpc) is 2.66. The number of ether oxygens (including phenoxy) is 2. The number of nitrogens with one attached hydrogen (secondary N) is 1. The number of anilines is 1. The summed E-state index contributed by atoms with van der Waals surface area (Å²) in [6.07, 6.45) is 0. The SMILES string of the molecule is COc1cccc(CNC(=O)c2cc(C)nc(N3CCOCC3)n2)c1. The van der Waals surface area contributed by atoms with E-state index in [1.807, 2.05) is 36.1 Å². The Balaban J connectivity index is 1.69. The normalized spacial score (nSPS) is 14.2. The first-order valence-electron chi connectivity index (χ1n) is 8.25. The fraction of sp³-hybridized carbons (Fsp3) is 0.389. The largest absolute Gasteiger partial charge is 0.497 e. The van der Waals surface area contributed by atoms with Gasteiger partial charge in [-0.3, -0.25) is 4.79 Å². The molecule has 1 fully saturated rings. The summed E-state index contributed by atoms with van der Waals surface area (Å²) in [6.45, 7) is 5.03. The van der Waals surface area contributed by atoms with Crippen LogP contribution < -0.4 is 15.0 Å². The molecule has 132 valence electrons. The van der Waals surface area contributed by atoms with E-state index >= 15 is 0 Å². The van der Waals surface area contributed by atoms with Gasteiger partial charge in [-0.05, 0) is 30.7 Å². The van der Waals surface area contributed by atoms with Gasteiger partial charge in [-0.1, -0.05) is 12.1 Å². The number of aromatic nitrogens is 2. The monoisotopic (exact) mass is 342 g/mol. The van der Waals surface area contributed by atoms with Crippen molar-refractivity contribution in [2.45, 2.75) is 13.5 Å². The van der Waals surface area contributed by atoms with Gasteiger partial charge in [0.15, 0.2) is 0 Å². The van der Waals surface area contributed by atoms with Crippen LogP contribution in [0.25, 0.3) is 0 Å². The number of rotatable bonds is 5. The highest BCUT2D eigenvalue weighted by Gasteiger charge is 2.17. The van der Waals surface area contributed by atoms with Crippen LogP contribution in [0, 0.1) is 6.92 Å². The Kier molecular flexibility index (Phi) is 5.45. The molecule has 1 amide bonds. The topological polar surface area (TPSA) is 76.6 Å². The number of aryl methyl sites for hydroxylation is 1. The molecule has 1 aliphatic heterocycles. The van der Waals surface area contributed by atoms with Gasteiger partial charge in [0.2, 0.25) is 5.95 Å². The van der Waals surface area contributed by atoms with E-state index < -0.39 is 0 Å². The first-order valence-corrected chi connectivity index (χ1v) is 8.25. The molecule has 7 nitrogen and oxygen atoms in total. The second-order valence-electron chi connectivity index (χ2n) is 5.83. The third-order valence-corrected chi connectivity index (χ3v) is 3.96. The number of morpholine rings is 1. The van der Waals surface area contributed by atoms with Crippen LogP contribution in [0.4, 0.5) is 5.95 Å². The van der Waals surface area contributed by atoms with E-state index in [1.165, 1.54) is 0 Å². The van der Waals surface area contributed by atoms with Crippen LogP contribution in [0.3, 0.4) is 0 Å². The minimum absolute atomic E-state index is 0.220. The first kappa shape index (κ1) is 17.2. The minimum Gasteiger partial charge on any atom is -0.497 e. The number of hydrogen-bond acceptors (Lipinski definition) is 6. The Hall–Kier alpha value is -2.67. The maximum Gasteiger partial charge on any atom is 0.270 e. The number of nitrogens with zero attached hydrogens (tertiary/aromatic N) is 3. The molecule has 1 N–H and O–H groups in total. The third-order valence-electron chi connectivity index (χ3n) is 3.96. The summed E-state index contributed by atoms with van der Waals surface area (Å²) >= 11 is 0. The summed E-state index contributed by atoms with van der Waals surface area (Å²) in [5, 5.41) is 2.90. The molecule has 1 aromatic heterocycles. The lowest BCUT2D eigenvalue weighted by Gasteiger charge is -2.27. The maximum atomic E-state index is 12.5. The maximum absolute atomic E-state index is 12.5. The average molecular weight is 342 g/mol. The number of hydrogen-bond donors (Lipinski definition) is 1. The van der Waals surface area contributed by atoms with Crippen LogP contribution in [0.5, 0.6) is 5.75 Å². The zero-order valence-corrected chi connectivity index (χ0v) is 14.5. The lowest BCUT2D eigenvalue weighted by molar-refractivity contribution is 0.0945. The highest BCUT2D eigenvalue weighted by Crippen LogP contribution is 2.14. The second-order valence-corrected chi connectivity index (χ2v) is 5.83. The zero-order valence-electron chi connectivity index (χ0n) is 14.5. The number of methoxy groups -OCH3 is 1. The fourth-order valence-corrected chi connectivity index (χ4v) is 2.63. The molecule has 1 aromatic carbocycles. The molecule has 25 heavy (non-hydrogen) atoms. The van der Waals surface area contributed by atoms with Crippen LogP contribution >= 0.6 is 0 Å². The van der Waals surface area contributed by atoms with Gasteiger partial charge < -0.3 is 19.7 Å². The number of carbonyl (C=O) groups excluding carboxylic acids is 1. The van der Waals surface area contributed by atoms with E-state index in [4.69, 9.17) is 9.47 Å². The molecule has 0 atom stereocenters. The summed E-state index contributed by atoms with van der Waals surface area (Å²) in [5.74, 6) is 1.12. The van der Waals surface area contributed by atoms with Crippen molar-refractivity contribution in [3.63, 3.8) is 0 Å². The summed E-state index contributed by atoms with van der Waals surface area (Å²) in [7, 11) is 1.62. The van der Waals surface area contributed by atoms with Gasteiger partial charge in [0.05, 0.1) is 20.3 Å². The van der Waals surface area contributed by atoms with E-state index in [0.717, 1.165) is 30.1 Å². The summed E-state index contributed by atoms with van der Waals surface area (Å²) in [6, 6.07) is 9.29. The highest BCUT2D eigenvalue weighted by molar-refractivity contribution is 5.92. The van der Waals surface area contributed by atoms with Crippen molar-refractivity contribution in [3.05, 3.63) is 47.3 Å². The molecule has 1 aliphatic rings. The Labute approximate surface area is 147 Å². The van der Waals surface area contributed by atoms with E-state index in [2.05, 4.69) is 15.3 Å². The van der Waals surface area contributed by atoms with Crippen LogP contribution in [-0.4, -0.2) is 49.3 Å². The quantitative estimate of drug-likeness (QED) is 0.889. The molecule has 1 saturated heterocycles. The predicted molar refractivity (Wildman–Crippen MR) is 94.0 cm³/mol. The van der Waals surface area contributed by atoms with Gasteiger partial charge in [0.25, 0.3) is 5.91 Å². The van der Waals surface area contributed by atoms with Crippen molar-refractivity contribution < 1.29 is 14.3 Å². The fourth-order valence-electron chi connectivity index (χ4n) is 2.63. The van der Waals surface area contributed by atoms with Gasteiger partial charge >= 0.3 is 0 Å². The molecular formula is C18H22N4O3. The Morgan fingerprint density at radius 2 is 2.08 bits per heavy atom. The van der Waals surface area contributed by atoms with Gasteiger partial charge in [-0.25, -0.2) is 9.97 Å². The van der Waals surface area contributed by atoms with Crippen molar-refractivity contribution in [2.24, 2.45) is 0 Å². The van der Waals surface area contributed by atoms with Crippen molar-refractivity contribution >= 4 is 11.9 Å². The zero-order chi connectivity index (χ0) is 17.6. The number of benzene rings is 1. The Morgan fingerprint density at radius 1 is 1.28 bits per heavy atom. The second kappa shape index (κ2) is 7.94. The molecule has 7 heteroatoms. The molecule has 2 aromatic rings. The van der Waals surface area contributed by atoms with Crippen molar-refractivity contribution in [1.29, 1.82) is 0 Å². The number of amides is 1. The molecule has 0 spiro atoms. The van der Waals surface area contributed by atoms with Crippen molar-refractivity contribution in [3.8, 4) is 5.75 Å². The molecule has 0 aliphatic carbocycles. The summed E-state index contributed by atoms with van der Waals surface area (Å²) in [4.78, 5) is 23.4. The van der Waals surface area contributed by atoms with Crippen molar-refractivity contribution in [1.82, 2.24) is 15.3 Å². The smallest absolute Gasteiger partial charge is 0.270 e. The summed E-state index contributed by atoms with van der Waals surface area (Å²) in [5.41, 5.74) is 2.10. The van der Waals surface area contributed by atoms with Crippen LogP contribution in [0.15, 0.2) is 30.3 Å². The summed E-state index contributed by atoms with van der Waals surface area (Å²) < 4.78 is 10.5. The van der Waals surface area contributed by atoms with Crippen molar-refractivity contribution in [2.75, 3.05) is 38.3 Å². The molecule has 0 radical (unpaired) electrons. The van der Waals surface area contributed by atoms with Gasteiger partial charge in [-0.15, -0.1) is 0 Å². The third kappa shape index (κ3) is 4.45. The van der Waals surface area contributed by atoms with Gasteiger partial charge in [-0.2, -0.15) is 0 Å². The first-order chi connectivity index (χ1) is 12.2. The molecule has 0 saturated carbocycles.